The Labute approximate surface area is 122 Å². The van der Waals surface area contributed by atoms with Crippen LogP contribution in [-0.4, -0.2) is 25.4 Å². The molecule has 0 saturated carbocycles. The molecule has 0 unspecified atom stereocenters. The van der Waals surface area contributed by atoms with E-state index in [-0.39, 0.29) is 14.5 Å². The number of hydrogen-bond donors (Lipinski definition) is 0. The summed E-state index contributed by atoms with van der Waals surface area (Å²) in [5.41, 5.74) is 2.37. The van der Waals surface area contributed by atoms with E-state index in [1.165, 1.54) is 20.7 Å². The fourth-order valence-corrected chi connectivity index (χ4v) is 4.80. The number of aldehydes is 1. The van der Waals surface area contributed by atoms with Crippen LogP contribution in [0.5, 0.6) is 0 Å². The van der Waals surface area contributed by atoms with Crippen molar-refractivity contribution in [2.45, 2.75) is 0 Å². The first-order valence-electron chi connectivity index (χ1n) is 6.42. The van der Waals surface area contributed by atoms with Gasteiger partial charge in [0.1, 0.15) is 0 Å². The monoisotopic (exact) mass is 325 g/mol. The number of benzene rings is 2. The van der Waals surface area contributed by atoms with Gasteiger partial charge in [0.25, 0.3) is 0 Å². The van der Waals surface area contributed by atoms with E-state index in [4.69, 9.17) is 0 Å². The van der Waals surface area contributed by atoms with Gasteiger partial charge in [-0.2, -0.15) is 0 Å². The number of aromatic nitrogens is 1. The van der Waals surface area contributed by atoms with E-state index in [0.717, 1.165) is 16.4 Å². The fraction of sp³-hybridized carbons (Fsp3) is 0. The molecular weight excluding hydrogens is 313 g/mol. The number of para-hydroxylation sites is 2. The molecule has 2 heterocycles. The van der Waals surface area contributed by atoms with Gasteiger partial charge in [-0.15, -0.1) is 0 Å². The van der Waals surface area contributed by atoms with Gasteiger partial charge in [0.15, 0.2) is 0 Å². The Bertz CT molecular complexity index is 918. The third-order valence-corrected chi connectivity index (χ3v) is 5.69. The molecular formula is C17H11NOSe. The Morgan fingerprint density at radius 2 is 1.65 bits per heavy atom. The standard InChI is InChI=1S/C17H11NOSe/c19-11-13-10-15-14-8-4-5-9-16(14)18(17(15)20-13)12-6-2-1-3-7-12/h1-11H. The Morgan fingerprint density at radius 1 is 0.900 bits per heavy atom. The van der Waals surface area contributed by atoms with Crippen molar-refractivity contribution in [1.29, 1.82) is 0 Å². The normalized spacial score (nSPS) is 11.2. The minimum absolute atomic E-state index is 0.0892. The maximum atomic E-state index is 11.1. The van der Waals surface area contributed by atoms with E-state index in [2.05, 4.69) is 41.0 Å². The molecule has 0 saturated heterocycles. The summed E-state index contributed by atoms with van der Waals surface area (Å²) in [6.45, 7) is 0. The Morgan fingerprint density at radius 3 is 2.45 bits per heavy atom. The molecule has 0 aliphatic carbocycles. The third-order valence-electron chi connectivity index (χ3n) is 3.50. The second-order valence-corrected chi connectivity index (χ2v) is 6.90. The van der Waals surface area contributed by atoms with Gasteiger partial charge in [-0.05, 0) is 0 Å². The first-order valence-corrected chi connectivity index (χ1v) is 8.13. The van der Waals surface area contributed by atoms with Gasteiger partial charge >= 0.3 is 122 Å². The second-order valence-electron chi connectivity index (χ2n) is 4.67. The Kier molecular flexibility index (Phi) is 2.62. The molecule has 3 heteroatoms. The number of fused-ring (bicyclic) bond motifs is 3. The molecule has 4 aromatic rings. The van der Waals surface area contributed by atoms with Crippen LogP contribution >= 0.6 is 0 Å². The fourth-order valence-electron chi connectivity index (χ4n) is 2.66. The van der Waals surface area contributed by atoms with E-state index in [1.807, 2.05) is 24.3 Å². The summed E-state index contributed by atoms with van der Waals surface area (Å²) in [6, 6.07) is 20.8. The molecule has 0 bridgehead atoms. The van der Waals surface area contributed by atoms with E-state index in [9.17, 15) is 4.79 Å². The van der Waals surface area contributed by atoms with Gasteiger partial charge in [-0.1, -0.05) is 0 Å². The van der Waals surface area contributed by atoms with Crippen LogP contribution in [0.3, 0.4) is 0 Å². The Balaban J connectivity index is 2.20. The number of carbonyl (C=O) groups excluding carboxylic acids is 1. The van der Waals surface area contributed by atoms with Crippen LogP contribution in [0.25, 0.3) is 26.4 Å². The van der Waals surface area contributed by atoms with Crippen molar-refractivity contribution in [3.05, 3.63) is 65.1 Å². The number of nitrogens with zero attached hydrogens (tertiary/aromatic N) is 1. The van der Waals surface area contributed by atoms with E-state index in [1.54, 1.807) is 0 Å². The summed E-state index contributed by atoms with van der Waals surface area (Å²) in [5.74, 6) is 0. The molecule has 0 aliphatic heterocycles. The molecule has 0 aliphatic rings. The number of hydrogen-bond acceptors (Lipinski definition) is 1. The van der Waals surface area contributed by atoms with Gasteiger partial charge in [-0.3, -0.25) is 0 Å². The number of rotatable bonds is 2. The average molecular weight is 324 g/mol. The molecule has 96 valence electrons. The molecule has 2 nitrogen and oxygen atoms in total. The maximum absolute atomic E-state index is 11.1. The predicted octanol–water partition coefficient (Wildman–Crippen LogP) is 3.65. The topological polar surface area (TPSA) is 22.0 Å². The molecule has 20 heavy (non-hydrogen) atoms. The summed E-state index contributed by atoms with van der Waals surface area (Å²) in [5, 5.41) is 2.44. The van der Waals surface area contributed by atoms with Crippen LogP contribution in [0.1, 0.15) is 9.23 Å². The summed E-state index contributed by atoms with van der Waals surface area (Å²) in [4.78, 5) is 11.1. The molecule has 0 radical (unpaired) electrons. The van der Waals surface area contributed by atoms with Gasteiger partial charge < -0.3 is 0 Å². The molecule has 0 atom stereocenters. The van der Waals surface area contributed by atoms with Crippen molar-refractivity contribution in [3.8, 4) is 5.69 Å². The van der Waals surface area contributed by atoms with Crippen LogP contribution in [0.4, 0.5) is 0 Å². The first-order chi connectivity index (χ1) is 9.88. The van der Waals surface area contributed by atoms with E-state index in [0.29, 0.717) is 0 Å². The van der Waals surface area contributed by atoms with E-state index >= 15 is 0 Å². The van der Waals surface area contributed by atoms with Gasteiger partial charge in [0.05, 0.1) is 0 Å². The molecule has 0 amide bonds. The van der Waals surface area contributed by atoms with Crippen LogP contribution in [-0.2, 0) is 0 Å². The summed E-state index contributed by atoms with van der Waals surface area (Å²) < 4.78 is 4.47. The van der Waals surface area contributed by atoms with Crippen LogP contribution < -0.4 is 0 Å². The Hall–Kier alpha value is -2.09. The second kappa shape index (κ2) is 4.48. The molecule has 2 aromatic carbocycles. The molecule has 0 N–H and O–H groups in total. The number of carbonyl (C=O) groups is 1. The summed E-state index contributed by atoms with van der Waals surface area (Å²) in [6.07, 6.45) is 0.990. The molecule has 4 rings (SSSR count). The SMILES string of the molecule is O=Cc1cc2c3ccccc3n(-c3ccccc3)c2[se]1. The van der Waals surface area contributed by atoms with Crippen molar-refractivity contribution in [2.24, 2.45) is 0 Å². The van der Waals surface area contributed by atoms with Crippen molar-refractivity contribution >= 4 is 41.5 Å². The van der Waals surface area contributed by atoms with Crippen LogP contribution in [0, 0.1) is 0 Å². The van der Waals surface area contributed by atoms with Gasteiger partial charge in [0, 0.05) is 0 Å². The zero-order chi connectivity index (χ0) is 13.5. The molecule has 0 spiro atoms. The zero-order valence-electron chi connectivity index (χ0n) is 10.6. The van der Waals surface area contributed by atoms with Crippen molar-refractivity contribution in [3.63, 3.8) is 0 Å². The molecule has 2 aromatic heterocycles. The van der Waals surface area contributed by atoms with Gasteiger partial charge in [-0.25, -0.2) is 0 Å². The van der Waals surface area contributed by atoms with Crippen molar-refractivity contribution < 1.29 is 4.79 Å². The van der Waals surface area contributed by atoms with Crippen LogP contribution in [0.2, 0.25) is 0 Å². The molecule has 0 fully saturated rings. The predicted molar refractivity (Wildman–Crippen MR) is 83.1 cm³/mol. The first kappa shape index (κ1) is 11.7. The van der Waals surface area contributed by atoms with Crippen LogP contribution in [0.15, 0.2) is 60.7 Å². The van der Waals surface area contributed by atoms with Gasteiger partial charge in [0.2, 0.25) is 0 Å². The summed E-state index contributed by atoms with van der Waals surface area (Å²) >= 11 is 0.0892. The van der Waals surface area contributed by atoms with Crippen molar-refractivity contribution in [2.75, 3.05) is 0 Å². The zero-order valence-corrected chi connectivity index (χ0v) is 12.3. The third kappa shape index (κ3) is 1.61. The summed E-state index contributed by atoms with van der Waals surface area (Å²) in [7, 11) is 0. The van der Waals surface area contributed by atoms with E-state index < -0.39 is 0 Å². The average Bonchev–Trinajstić information content (AvgIpc) is 3.04. The van der Waals surface area contributed by atoms with Crippen molar-refractivity contribution in [1.82, 2.24) is 4.57 Å². The minimum atomic E-state index is 0.0892. The quantitative estimate of drug-likeness (QED) is 0.407.